The maximum atomic E-state index is 7.84. The standard InChI is InChI=1S/C27H22NO.C21H22NSi.Ir/c1-2-7-18(8-3-1)20-13-14-22-23-11-6-12-24(27(23)29-25(22)17-20)26-21-10-5-4-9-19(21)15-16-28-26;1-16-10-11-18(14-20(16)17-8-6-5-7-9-17)21-13-12-19(15-22-21)23(2,3)4;/h1-3,6-8,11,13-17,19,21H,4-5,9-10H2;5-10,12-15H,1-4H3;/q2*-1;/i;1D3;. The van der Waals surface area contributed by atoms with Gasteiger partial charge in [0, 0.05) is 42.0 Å². The molecule has 2 aromatic heterocycles. The monoisotopic (exact) mass is 888 g/mol. The second-order valence-corrected chi connectivity index (χ2v) is 20.0. The van der Waals surface area contributed by atoms with Crippen LogP contribution in [0.4, 0.5) is 0 Å². The summed E-state index contributed by atoms with van der Waals surface area (Å²) < 4.78 is 30.0. The van der Waals surface area contributed by atoms with Crippen LogP contribution in [0.5, 0.6) is 0 Å². The summed E-state index contributed by atoms with van der Waals surface area (Å²) in [6, 6.07) is 44.9. The molecule has 1 aliphatic carbocycles. The van der Waals surface area contributed by atoms with E-state index in [1.54, 1.807) is 6.07 Å². The van der Waals surface area contributed by atoms with E-state index in [0.29, 0.717) is 23.0 Å². The third-order valence-corrected chi connectivity index (χ3v) is 12.5. The topological polar surface area (TPSA) is 38.4 Å². The Morgan fingerprint density at radius 2 is 1.57 bits per heavy atom. The summed E-state index contributed by atoms with van der Waals surface area (Å²) in [5, 5.41) is 3.60. The Hall–Kier alpha value is -4.67. The molecular weight excluding hydrogens is 841 g/mol. The number of fused-ring (bicyclic) bond motifs is 4. The van der Waals surface area contributed by atoms with E-state index in [4.69, 9.17) is 13.5 Å². The van der Waals surface area contributed by atoms with Crippen LogP contribution < -0.4 is 5.19 Å². The van der Waals surface area contributed by atoms with Crippen LogP contribution in [0.2, 0.25) is 19.6 Å². The SMILES string of the molecule is [2H]C([2H])([2H])c1c[c-]c(-c2ccc([Si](C)(C)C)cn2)cc1-c1ccccc1.[Ir].[c-]1ccc2c(oc3cc(-c4ccccc4)ccc32)c1C1=NC=CC2CCCCC12. The third-order valence-electron chi connectivity index (χ3n) is 10.5. The van der Waals surface area contributed by atoms with E-state index in [9.17, 15) is 0 Å². The molecule has 9 rings (SSSR count). The summed E-state index contributed by atoms with van der Waals surface area (Å²) in [6.07, 6.45) is 11.3. The summed E-state index contributed by atoms with van der Waals surface area (Å²) in [7, 11) is -1.40. The number of nitrogens with zero attached hydrogens (tertiary/aromatic N) is 2. The molecule has 1 radical (unpaired) electrons. The summed E-state index contributed by atoms with van der Waals surface area (Å²) in [5.41, 5.74) is 9.93. The number of furan rings is 1. The van der Waals surface area contributed by atoms with Crippen LogP contribution in [0, 0.1) is 30.8 Å². The molecule has 2 atom stereocenters. The van der Waals surface area contributed by atoms with E-state index in [1.165, 1.54) is 42.0 Å². The van der Waals surface area contributed by atoms with Crippen molar-refractivity contribution in [1.29, 1.82) is 0 Å². The van der Waals surface area contributed by atoms with Gasteiger partial charge >= 0.3 is 0 Å². The Labute approximate surface area is 332 Å². The summed E-state index contributed by atoms with van der Waals surface area (Å²) >= 11 is 0. The van der Waals surface area contributed by atoms with Gasteiger partial charge in [0.25, 0.3) is 0 Å². The van der Waals surface area contributed by atoms with E-state index < -0.39 is 14.9 Å². The third kappa shape index (κ3) is 7.71. The number of pyridine rings is 1. The molecule has 5 heteroatoms. The number of rotatable bonds is 5. The zero-order valence-electron chi connectivity index (χ0n) is 33.3. The molecule has 1 aliphatic heterocycles. The van der Waals surface area contributed by atoms with Crippen molar-refractivity contribution >= 4 is 40.9 Å². The van der Waals surface area contributed by atoms with E-state index in [0.717, 1.165) is 50.0 Å². The molecule has 0 spiro atoms. The van der Waals surface area contributed by atoms with Crippen LogP contribution >= 0.6 is 0 Å². The second kappa shape index (κ2) is 15.7. The van der Waals surface area contributed by atoms with Gasteiger partial charge in [-0.1, -0.05) is 153 Å². The fraction of sp³-hybridized carbons (Fsp3) is 0.208. The molecule has 0 bridgehead atoms. The number of hydrogen-bond acceptors (Lipinski definition) is 3. The number of aryl methyl sites for hydroxylation is 1. The maximum Gasteiger partial charge on any atom is 0.121 e. The molecule has 0 amide bonds. The normalized spacial score (nSPS) is 17.7. The van der Waals surface area contributed by atoms with E-state index in [1.807, 2.05) is 67.0 Å². The Morgan fingerprint density at radius 3 is 2.30 bits per heavy atom. The fourth-order valence-corrected chi connectivity index (χ4v) is 8.58. The molecule has 5 aromatic carbocycles. The van der Waals surface area contributed by atoms with Gasteiger partial charge in [-0.25, -0.2) is 0 Å². The molecule has 1 saturated carbocycles. The molecule has 2 unspecified atom stereocenters. The summed E-state index contributed by atoms with van der Waals surface area (Å²) in [4.78, 5) is 9.42. The average Bonchev–Trinajstić information content (AvgIpc) is 3.59. The van der Waals surface area contributed by atoms with Crippen LogP contribution in [-0.4, -0.2) is 18.8 Å². The number of hydrogen-bond donors (Lipinski definition) is 0. The first kappa shape index (κ1) is 32.9. The molecule has 0 saturated heterocycles. The van der Waals surface area contributed by atoms with Gasteiger partial charge in [-0.3, -0.25) is 0 Å². The van der Waals surface area contributed by atoms with E-state index in [2.05, 4.69) is 97.4 Å². The summed E-state index contributed by atoms with van der Waals surface area (Å²) in [5.74, 6) is 1.10. The van der Waals surface area contributed by atoms with Crippen LogP contribution in [0.25, 0.3) is 55.4 Å². The van der Waals surface area contributed by atoms with Crippen molar-refractivity contribution < 1.29 is 28.6 Å². The smallest absolute Gasteiger partial charge is 0.121 e. The van der Waals surface area contributed by atoms with Crippen molar-refractivity contribution in [2.75, 3.05) is 0 Å². The van der Waals surface area contributed by atoms with Crippen LogP contribution in [-0.2, 0) is 20.1 Å². The van der Waals surface area contributed by atoms with Crippen molar-refractivity contribution in [3.63, 3.8) is 0 Å². The molecule has 2 aliphatic rings. The molecule has 0 N–H and O–H groups in total. The second-order valence-electron chi connectivity index (χ2n) is 14.9. The minimum Gasteiger partial charge on any atom is -0.501 e. The number of allylic oxidation sites excluding steroid dienone is 1. The minimum atomic E-state index is -2.19. The molecule has 3 heterocycles. The van der Waals surface area contributed by atoms with Gasteiger partial charge in [0.2, 0.25) is 0 Å². The van der Waals surface area contributed by atoms with Crippen molar-refractivity contribution in [3.05, 3.63) is 157 Å². The van der Waals surface area contributed by atoms with Gasteiger partial charge in [0.05, 0.1) is 13.7 Å². The number of aliphatic imine (C=N–C) groups is 1. The van der Waals surface area contributed by atoms with Gasteiger partial charge in [-0.2, -0.15) is 0 Å². The molecule has 53 heavy (non-hydrogen) atoms. The Bertz CT molecular complexity index is 2520. The molecular formula is C48H44IrN2OSi-2. The first-order valence-electron chi connectivity index (χ1n) is 19.8. The predicted molar refractivity (Wildman–Crippen MR) is 221 cm³/mol. The minimum absolute atomic E-state index is 0. The quantitative estimate of drug-likeness (QED) is 0.128. The van der Waals surface area contributed by atoms with Gasteiger partial charge in [-0.05, 0) is 57.6 Å². The molecule has 3 nitrogen and oxygen atoms in total. The first-order valence-corrected chi connectivity index (χ1v) is 21.8. The van der Waals surface area contributed by atoms with Crippen molar-refractivity contribution in [2.24, 2.45) is 16.8 Å². The molecule has 1 fully saturated rings. The van der Waals surface area contributed by atoms with Gasteiger partial charge in [0.1, 0.15) is 5.58 Å². The van der Waals surface area contributed by atoms with Crippen LogP contribution in [0.1, 0.15) is 40.9 Å². The first-order chi connectivity index (χ1) is 26.5. The average molecular weight is 888 g/mol. The van der Waals surface area contributed by atoms with E-state index >= 15 is 0 Å². The fourth-order valence-electron chi connectivity index (χ4n) is 7.54. The van der Waals surface area contributed by atoms with Crippen molar-refractivity contribution in [2.45, 2.75) is 52.2 Å². The van der Waals surface area contributed by atoms with Gasteiger partial charge in [0.15, 0.2) is 0 Å². The maximum absolute atomic E-state index is 7.84. The van der Waals surface area contributed by atoms with Gasteiger partial charge in [-0.15, -0.1) is 47.5 Å². The Balaban J connectivity index is 0.000000170. The predicted octanol–water partition coefficient (Wildman–Crippen LogP) is 12.2. The van der Waals surface area contributed by atoms with Gasteiger partial charge < -0.3 is 14.4 Å². The van der Waals surface area contributed by atoms with Crippen LogP contribution in [0.15, 0.2) is 143 Å². The van der Waals surface area contributed by atoms with Crippen LogP contribution in [0.3, 0.4) is 0 Å². The molecule has 7 aromatic rings. The molecule has 267 valence electrons. The largest absolute Gasteiger partial charge is 0.501 e. The zero-order chi connectivity index (χ0) is 38.2. The Kier molecular flexibility index (Phi) is 9.78. The van der Waals surface area contributed by atoms with Crippen molar-refractivity contribution in [3.8, 4) is 33.5 Å². The Morgan fingerprint density at radius 1 is 0.792 bits per heavy atom. The zero-order valence-corrected chi connectivity index (χ0v) is 33.7. The number of aromatic nitrogens is 1. The van der Waals surface area contributed by atoms with E-state index in [-0.39, 0.29) is 20.1 Å². The number of benzene rings is 5. The summed E-state index contributed by atoms with van der Waals surface area (Å²) in [6.45, 7) is 4.67. The van der Waals surface area contributed by atoms with Crippen molar-refractivity contribution in [1.82, 2.24) is 4.98 Å².